The predicted molar refractivity (Wildman–Crippen MR) is 294 cm³/mol. The van der Waals surface area contributed by atoms with Gasteiger partial charge in [-0.2, -0.15) is 0 Å². The van der Waals surface area contributed by atoms with Gasteiger partial charge in [0.15, 0.2) is 0 Å². The van der Waals surface area contributed by atoms with Gasteiger partial charge in [-0.1, -0.05) is 72.8 Å². The first-order chi connectivity index (χ1) is 39.7. The van der Waals surface area contributed by atoms with E-state index >= 15 is 0 Å². The Morgan fingerprint density at radius 3 is 0.411 bits per heavy atom. The van der Waals surface area contributed by atoms with Crippen LogP contribution in [-0.2, 0) is 0 Å². The number of phenolic OH excluding ortho intramolecular Hbond substituents is 6. The minimum Gasteiger partial charge on any atom is -0.507 e. The van der Waals surface area contributed by atoms with Crippen molar-refractivity contribution in [2.75, 3.05) is 39.3 Å². The van der Waals surface area contributed by atoms with Crippen LogP contribution >= 0.6 is 0 Å². The molecule has 22 N–H and O–H groups in total. The molecule has 0 atom stereocenters. The molecule has 0 aromatic heterocycles. The van der Waals surface area contributed by atoms with Gasteiger partial charge in [-0.05, 0) is 72.8 Å². The topological polar surface area (TPSA) is 622 Å². The molecule has 90 heavy (non-hydrogen) atoms. The maximum atomic E-state index is 9.54. The normalized spacial score (nSPS) is 9.20. The first kappa shape index (κ1) is 101. The van der Waals surface area contributed by atoms with Gasteiger partial charge in [0.2, 0.25) is 0 Å². The Bertz CT molecular complexity index is 2550. The van der Waals surface area contributed by atoms with E-state index in [0.717, 1.165) is 0 Å². The van der Waals surface area contributed by atoms with Crippen LogP contribution in [0.2, 0.25) is 0 Å². The van der Waals surface area contributed by atoms with Crippen LogP contribution < -0.4 is 0 Å². The van der Waals surface area contributed by atoms with Crippen LogP contribution in [0.5, 0.6) is 34.5 Å². The summed E-state index contributed by atoms with van der Waals surface area (Å²) in [6.45, 7) is 3.16. The Hall–Kier alpha value is -7.70. The van der Waals surface area contributed by atoms with Crippen LogP contribution in [-0.4, -0.2) is 211 Å². The molecule has 4 radical (unpaired) electrons. The third-order valence-corrected chi connectivity index (χ3v) is 8.08. The summed E-state index contributed by atoms with van der Waals surface area (Å²) in [5, 5.41) is 132. The number of benzene rings is 6. The van der Waals surface area contributed by atoms with Crippen molar-refractivity contribution < 1.29 is 286 Å². The van der Waals surface area contributed by atoms with E-state index in [-0.39, 0.29) is 196 Å². The van der Waals surface area contributed by atoms with Gasteiger partial charge in [-0.15, -0.1) is 0 Å². The maximum Gasteiger partial charge on any atom is 0.472 e. The number of hydrogen-bond acceptors (Lipinski definition) is 18. The largest absolute Gasteiger partial charge is 0.507 e. The van der Waals surface area contributed by atoms with Crippen molar-refractivity contribution in [2.24, 2.45) is 30.0 Å². The summed E-state index contributed by atoms with van der Waals surface area (Å²) in [5.41, 5.74) is 4.15. The van der Waals surface area contributed by atoms with Crippen molar-refractivity contribution in [3.63, 3.8) is 0 Å². The molecule has 0 fully saturated rings. The second-order valence-electron chi connectivity index (χ2n) is 14.1. The van der Waals surface area contributed by atoms with Crippen molar-refractivity contribution in [3.8, 4) is 34.5 Å². The van der Waals surface area contributed by atoms with Crippen molar-refractivity contribution in [2.45, 2.75) is 0 Å². The van der Waals surface area contributed by atoms with E-state index in [1.807, 2.05) is 36.4 Å². The van der Waals surface area contributed by atoms with Gasteiger partial charge in [-0.25, -0.2) is 62.5 Å². The molecule has 38 nitrogen and oxygen atoms in total. The number of rotatable bonds is 15. The molecule has 0 heterocycles. The molecule has 510 valence electrons. The summed E-state index contributed by atoms with van der Waals surface area (Å²) in [4.78, 5) is 76.0. The minimum absolute atomic E-state index is 0. The first-order valence-corrected chi connectivity index (χ1v) is 22.5. The fourth-order valence-electron chi connectivity index (χ4n) is 4.90. The molecular weight excluding hydrogens is 1820 g/mol. The Balaban J connectivity index is -0.000000128. The summed E-state index contributed by atoms with van der Waals surface area (Å²) in [7, 11) is 0. The molecule has 6 rings (SSSR count). The second-order valence-corrected chi connectivity index (χ2v) is 14.1. The average Bonchev–Trinajstić information content (AvgIpc) is 3.47. The van der Waals surface area contributed by atoms with Crippen LogP contribution in [0, 0.1) is 180 Å². The molecule has 0 aliphatic carbocycles. The zero-order valence-corrected chi connectivity index (χ0v) is 53.4. The average molecular weight is 1880 g/mol. The van der Waals surface area contributed by atoms with Crippen LogP contribution in [0.25, 0.3) is 0 Å². The summed E-state index contributed by atoms with van der Waals surface area (Å²) < 4.78 is 0. The Kier molecular flexibility index (Phi) is 75.6. The van der Waals surface area contributed by atoms with E-state index in [9.17, 15) is 30.6 Å². The monoisotopic (exact) mass is 1880 g/mol. The summed E-state index contributed by atoms with van der Waals surface area (Å²) in [5.74, 6) is 1.30. The molecule has 0 bridgehead atoms. The number of aliphatic imine (C=N–C) groups is 6. The fourth-order valence-corrected chi connectivity index (χ4v) is 4.90. The molecule has 6 aromatic carbocycles. The summed E-state index contributed by atoms with van der Waals surface area (Å²) in [6.07, 6.45) is 9.78. The fraction of sp³-hybridized carbons (Fsp3) is 0.125. The van der Waals surface area contributed by atoms with Gasteiger partial charge in [0.25, 0.3) is 0 Å². The Morgan fingerprint density at radius 1 is 0.233 bits per heavy atom. The number of nitrogens with zero attached hydrogens (tertiary/aromatic N) is 12. The number of phenols is 6. The molecule has 42 heteroatoms. The molecule has 0 saturated heterocycles. The molecule has 0 amide bonds. The van der Waals surface area contributed by atoms with Gasteiger partial charge in [0, 0.05) is 222 Å². The number of para-hydroxylation sites is 6. The van der Waals surface area contributed by atoms with Gasteiger partial charge in [0.1, 0.15) is 63.9 Å². The van der Waals surface area contributed by atoms with Crippen molar-refractivity contribution >= 4 is 37.3 Å². The molecular formula is C48H64Ho4N12O26+6. The standard InChI is InChI=1S/3C16H16N2O2.4Ho.6H2NO3.2H2O/c3*19-15-7-3-1-5-13(15)11-17-9-10-18-12-14-6-2-4-8-16(14)20;;;;;6*2-1(3)4;;/h3*1-8,11-12,19-20H,9-10H2;;;;;6*(H2,2,3,4);2*1H2/q;;;;;;;6*+1;;. The molecule has 0 unspecified atom stereocenters. The van der Waals surface area contributed by atoms with E-state index in [1.54, 1.807) is 146 Å². The molecule has 0 aliphatic heterocycles. The Labute approximate surface area is 627 Å². The van der Waals surface area contributed by atoms with E-state index in [1.165, 1.54) is 0 Å². The maximum absolute atomic E-state index is 9.54. The van der Waals surface area contributed by atoms with E-state index in [4.69, 9.17) is 91.9 Å². The van der Waals surface area contributed by atoms with Crippen molar-refractivity contribution in [1.29, 1.82) is 0 Å². The van der Waals surface area contributed by atoms with Gasteiger partial charge in [-0.3, -0.25) is 30.0 Å². The van der Waals surface area contributed by atoms with Gasteiger partial charge in [0.05, 0.1) is 39.3 Å². The molecule has 0 spiro atoms. The summed E-state index contributed by atoms with van der Waals surface area (Å²) in [6, 6.07) is 42.2. The Morgan fingerprint density at radius 2 is 0.322 bits per heavy atom. The number of hydrogen-bond donors (Lipinski definition) is 18. The van der Waals surface area contributed by atoms with Gasteiger partial charge < -0.3 is 41.6 Å². The molecule has 0 aliphatic rings. The molecule has 0 saturated carbocycles. The minimum atomic E-state index is -1.25. The van der Waals surface area contributed by atoms with E-state index in [0.29, 0.717) is 72.6 Å². The third kappa shape index (κ3) is 69.4. The number of aromatic hydroxyl groups is 6. The van der Waals surface area contributed by atoms with Crippen LogP contribution in [0.4, 0.5) is 0 Å². The first-order valence-electron chi connectivity index (χ1n) is 22.5. The van der Waals surface area contributed by atoms with Crippen LogP contribution in [0.1, 0.15) is 33.4 Å². The predicted octanol–water partition coefficient (Wildman–Crippen LogP) is 3.52. The zero-order chi connectivity index (χ0) is 64.1. The second kappa shape index (κ2) is 67.2. The third-order valence-electron chi connectivity index (χ3n) is 8.08. The van der Waals surface area contributed by atoms with Crippen molar-refractivity contribution in [1.82, 2.24) is 0 Å². The SMILES string of the molecule is O.O.O=[N+](O)O.O=[N+](O)O.O=[N+](O)O.O=[N+](O)O.O=[N+](O)O.O=[N+](O)O.Oc1ccccc1C=NCCN=Cc1ccccc1O.Oc1ccccc1C=NCCN=Cc1ccccc1O.Oc1ccccc1C=NCCN=Cc1ccccc1O.[Ho].[Ho].[Ho].[Ho]. The summed E-state index contributed by atoms with van der Waals surface area (Å²) >= 11 is 0. The van der Waals surface area contributed by atoms with Gasteiger partial charge >= 0.3 is 30.5 Å². The quantitative estimate of drug-likeness (QED) is 0.0303. The van der Waals surface area contributed by atoms with Crippen molar-refractivity contribution in [3.05, 3.63) is 208 Å². The van der Waals surface area contributed by atoms with E-state index < -0.39 is 30.5 Å². The zero-order valence-electron chi connectivity index (χ0n) is 45.6. The van der Waals surface area contributed by atoms with Crippen LogP contribution in [0.15, 0.2) is 176 Å². The van der Waals surface area contributed by atoms with E-state index in [2.05, 4.69) is 30.0 Å². The van der Waals surface area contributed by atoms with Crippen LogP contribution in [0.3, 0.4) is 0 Å². The molecule has 6 aromatic rings. The smallest absolute Gasteiger partial charge is 0.472 e.